The predicted octanol–water partition coefficient (Wildman–Crippen LogP) is 3.05. The molecule has 1 aliphatic heterocycles. The van der Waals surface area contributed by atoms with Crippen molar-refractivity contribution in [1.29, 1.82) is 0 Å². The predicted molar refractivity (Wildman–Crippen MR) is 89.3 cm³/mol. The second kappa shape index (κ2) is 7.37. The molecule has 1 aromatic carbocycles. The first-order chi connectivity index (χ1) is 11.5. The lowest BCUT2D eigenvalue weighted by Crippen LogP contribution is -2.40. The molecule has 2 aromatic rings. The molecule has 9 heteroatoms. The third kappa shape index (κ3) is 3.89. The van der Waals surface area contributed by atoms with Crippen LogP contribution in [0.5, 0.6) is 0 Å². The van der Waals surface area contributed by atoms with E-state index in [9.17, 15) is 12.8 Å². The van der Waals surface area contributed by atoms with Gasteiger partial charge in [-0.3, -0.25) is 0 Å². The summed E-state index contributed by atoms with van der Waals surface area (Å²) >= 11 is 7.02. The lowest BCUT2D eigenvalue weighted by molar-refractivity contribution is 0.0730. The van der Waals surface area contributed by atoms with Crippen LogP contribution in [0.2, 0.25) is 5.02 Å². The average molecular weight is 389 g/mol. The first kappa shape index (κ1) is 17.6. The van der Waals surface area contributed by atoms with Crippen molar-refractivity contribution in [3.05, 3.63) is 47.4 Å². The maximum Gasteiger partial charge on any atom is 0.244 e. The van der Waals surface area contributed by atoms with Crippen LogP contribution in [-0.2, 0) is 14.8 Å². The normalized spacial score (nSPS) is 16.2. The van der Waals surface area contributed by atoms with Crippen LogP contribution < -0.4 is 0 Å². The lowest BCUT2D eigenvalue weighted by Gasteiger charge is -2.25. The second-order valence-corrected chi connectivity index (χ2v) is 8.47. The third-order valence-corrected chi connectivity index (χ3v) is 6.54. The fourth-order valence-electron chi connectivity index (χ4n) is 2.18. The fraction of sp³-hybridized carbons (Fsp3) is 0.267. The molecule has 5 nitrogen and oxygen atoms in total. The Balaban J connectivity index is 1.76. The Kier molecular flexibility index (Phi) is 5.41. The van der Waals surface area contributed by atoms with Crippen molar-refractivity contribution in [2.24, 2.45) is 0 Å². The van der Waals surface area contributed by atoms with Crippen LogP contribution in [0.25, 0.3) is 0 Å². The standard InChI is InChI=1S/C15H14ClFN2O3S2/c16-13-9-11(1-3-14(13)17)23-15-4-2-12(10-18-15)24(20,21)19-5-7-22-8-6-19/h1-4,9-10H,5-8H2. The van der Waals surface area contributed by atoms with E-state index in [1.54, 1.807) is 12.1 Å². The summed E-state index contributed by atoms with van der Waals surface area (Å²) in [5.74, 6) is -0.485. The maximum absolute atomic E-state index is 13.2. The highest BCUT2D eigenvalue weighted by Gasteiger charge is 2.26. The zero-order chi connectivity index (χ0) is 17.2. The number of nitrogens with zero attached hydrogens (tertiary/aromatic N) is 2. The zero-order valence-electron chi connectivity index (χ0n) is 12.5. The first-order valence-corrected chi connectivity index (χ1v) is 9.77. The van der Waals surface area contributed by atoms with Gasteiger partial charge in [0.05, 0.1) is 18.2 Å². The number of rotatable bonds is 4. The second-order valence-electron chi connectivity index (χ2n) is 5.03. The molecule has 0 saturated carbocycles. The molecule has 0 spiro atoms. The van der Waals surface area contributed by atoms with Crippen LogP contribution >= 0.6 is 23.4 Å². The van der Waals surface area contributed by atoms with Crippen molar-refractivity contribution in [3.63, 3.8) is 0 Å². The van der Waals surface area contributed by atoms with Gasteiger partial charge in [0.1, 0.15) is 15.7 Å². The van der Waals surface area contributed by atoms with E-state index in [0.29, 0.717) is 31.3 Å². The van der Waals surface area contributed by atoms with Crippen molar-refractivity contribution < 1.29 is 17.5 Å². The largest absolute Gasteiger partial charge is 0.379 e. The molecule has 0 N–H and O–H groups in total. The van der Waals surface area contributed by atoms with E-state index in [1.807, 2.05) is 0 Å². The number of pyridine rings is 1. The van der Waals surface area contributed by atoms with Crippen LogP contribution in [0.3, 0.4) is 0 Å². The van der Waals surface area contributed by atoms with E-state index in [0.717, 1.165) is 4.90 Å². The average Bonchev–Trinajstić information content (AvgIpc) is 2.59. The van der Waals surface area contributed by atoms with Crippen LogP contribution in [0, 0.1) is 5.82 Å². The topological polar surface area (TPSA) is 59.5 Å². The van der Waals surface area contributed by atoms with Gasteiger partial charge in [-0.1, -0.05) is 23.4 Å². The van der Waals surface area contributed by atoms with E-state index in [-0.39, 0.29) is 9.92 Å². The monoisotopic (exact) mass is 388 g/mol. The van der Waals surface area contributed by atoms with Crippen molar-refractivity contribution in [1.82, 2.24) is 9.29 Å². The number of hydrogen-bond donors (Lipinski definition) is 0. The number of morpholine rings is 1. The Morgan fingerprint density at radius 1 is 1.21 bits per heavy atom. The minimum atomic E-state index is -3.55. The molecule has 1 aromatic heterocycles. The number of aromatic nitrogens is 1. The molecule has 2 heterocycles. The van der Waals surface area contributed by atoms with Crippen LogP contribution in [-0.4, -0.2) is 44.0 Å². The number of ether oxygens (including phenoxy) is 1. The van der Waals surface area contributed by atoms with Crippen molar-refractivity contribution >= 4 is 33.4 Å². The van der Waals surface area contributed by atoms with Gasteiger partial charge in [0, 0.05) is 24.2 Å². The lowest BCUT2D eigenvalue weighted by atomic mass is 10.3. The Labute approximate surface area is 148 Å². The van der Waals surface area contributed by atoms with Gasteiger partial charge in [0.15, 0.2) is 0 Å². The minimum Gasteiger partial charge on any atom is -0.379 e. The summed E-state index contributed by atoms with van der Waals surface area (Å²) in [7, 11) is -3.55. The quantitative estimate of drug-likeness (QED) is 0.805. The minimum absolute atomic E-state index is 0.0338. The van der Waals surface area contributed by atoms with Crippen LogP contribution in [0.15, 0.2) is 51.3 Å². The van der Waals surface area contributed by atoms with Gasteiger partial charge >= 0.3 is 0 Å². The molecule has 128 valence electrons. The van der Waals surface area contributed by atoms with Crippen molar-refractivity contribution in [3.8, 4) is 0 Å². The van der Waals surface area contributed by atoms with Crippen molar-refractivity contribution in [2.45, 2.75) is 14.8 Å². The highest BCUT2D eigenvalue weighted by Crippen LogP contribution is 2.30. The van der Waals surface area contributed by atoms with Gasteiger partial charge in [-0.15, -0.1) is 0 Å². The van der Waals surface area contributed by atoms with E-state index >= 15 is 0 Å². The number of benzene rings is 1. The van der Waals surface area contributed by atoms with E-state index in [1.165, 1.54) is 40.5 Å². The summed E-state index contributed by atoms with van der Waals surface area (Å²) in [4.78, 5) is 5.04. The molecule has 0 radical (unpaired) electrons. The van der Waals surface area contributed by atoms with Gasteiger partial charge < -0.3 is 4.74 Å². The smallest absolute Gasteiger partial charge is 0.244 e. The van der Waals surface area contributed by atoms with Crippen molar-refractivity contribution in [2.75, 3.05) is 26.3 Å². The van der Waals surface area contributed by atoms with Gasteiger partial charge in [0.25, 0.3) is 0 Å². The molecule has 0 unspecified atom stereocenters. The fourth-order valence-corrected chi connectivity index (χ4v) is 4.57. The van der Waals surface area contributed by atoms with Gasteiger partial charge in [-0.05, 0) is 30.3 Å². The summed E-state index contributed by atoms with van der Waals surface area (Å²) < 4.78 is 44.7. The SMILES string of the molecule is O=S(=O)(c1ccc(Sc2ccc(F)c(Cl)c2)nc1)N1CCOCC1. The first-order valence-electron chi connectivity index (χ1n) is 7.14. The highest BCUT2D eigenvalue weighted by molar-refractivity contribution is 7.99. The highest BCUT2D eigenvalue weighted by atomic mass is 35.5. The summed E-state index contributed by atoms with van der Waals surface area (Å²) in [5.41, 5.74) is 0. The molecular formula is C15H14ClFN2O3S2. The van der Waals surface area contributed by atoms with Gasteiger partial charge in [-0.25, -0.2) is 17.8 Å². The van der Waals surface area contributed by atoms with Gasteiger partial charge in [-0.2, -0.15) is 4.31 Å². The van der Waals surface area contributed by atoms with E-state index in [4.69, 9.17) is 16.3 Å². The molecule has 3 rings (SSSR count). The molecule has 0 amide bonds. The van der Waals surface area contributed by atoms with Gasteiger partial charge in [0.2, 0.25) is 10.0 Å². The Hall–Kier alpha value is -1.19. The molecule has 0 bridgehead atoms. The number of sulfonamides is 1. The number of halogens is 2. The number of hydrogen-bond acceptors (Lipinski definition) is 5. The van der Waals surface area contributed by atoms with E-state index in [2.05, 4.69) is 4.98 Å². The van der Waals surface area contributed by atoms with Crippen LogP contribution in [0.4, 0.5) is 4.39 Å². The van der Waals surface area contributed by atoms with Crippen LogP contribution in [0.1, 0.15) is 0 Å². The molecule has 1 saturated heterocycles. The zero-order valence-corrected chi connectivity index (χ0v) is 14.9. The molecular weight excluding hydrogens is 375 g/mol. The summed E-state index contributed by atoms with van der Waals surface area (Å²) in [6.45, 7) is 1.47. The molecule has 1 fully saturated rings. The molecule has 0 aliphatic carbocycles. The molecule has 24 heavy (non-hydrogen) atoms. The van der Waals surface area contributed by atoms with E-state index < -0.39 is 15.8 Å². The Morgan fingerprint density at radius 3 is 2.58 bits per heavy atom. The molecule has 0 atom stereocenters. The Bertz CT molecular complexity index is 825. The molecule has 1 aliphatic rings. The maximum atomic E-state index is 13.2. The summed E-state index contributed by atoms with van der Waals surface area (Å²) in [5, 5.41) is 0.630. The summed E-state index contributed by atoms with van der Waals surface area (Å²) in [6.07, 6.45) is 1.33. The third-order valence-electron chi connectivity index (χ3n) is 3.43. The Morgan fingerprint density at radius 2 is 1.96 bits per heavy atom. The summed E-state index contributed by atoms with van der Waals surface area (Å²) in [6, 6.07) is 7.51.